The van der Waals surface area contributed by atoms with Crippen LogP contribution in [0.3, 0.4) is 0 Å². The lowest BCUT2D eigenvalue weighted by molar-refractivity contribution is -0.132. The van der Waals surface area contributed by atoms with Gasteiger partial charge >= 0.3 is 0 Å². The van der Waals surface area contributed by atoms with Gasteiger partial charge in [0.05, 0.1) is 6.04 Å². The fourth-order valence-corrected chi connectivity index (χ4v) is 3.68. The first-order valence-electron chi connectivity index (χ1n) is 10.1. The molecule has 2 unspecified atom stereocenters. The van der Waals surface area contributed by atoms with Crippen molar-refractivity contribution in [2.75, 3.05) is 32.8 Å². The Morgan fingerprint density at radius 3 is 2.59 bits per heavy atom. The summed E-state index contributed by atoms with van der Waals surface area (Å²) < 4.78 is 5.86. The molecule has 2 aliphatic heterocycles. The molecule has 1 aromatic carbocycles. The van der Waals surface area contributed by atoms with Gasteiger partial charge in [-0.15, -0.1) is 0 Å². The molecule has 2 saturated heterocycles. The molecule has 0 aliphatic carbocycles. The molecule has 148 valence electrons. The van der Waals surface area contributed by atoms with Crippen LogP contribution in [-0.4, -0.2) is 49.5 Å². The molecule has 2 aliphatic rings. The van der Waals surface area contributed by atoms with Crippen LogP contribution in [0.15, 0.2) is 24.3 Å². The van der Waals surface area contributed by atoms with E-state index in [9.17, 15) is 9.59 Å². The molecule has 6 heteroatoms. The second-order valence-corrected chi connectivity index (χ2v) is 7.59. The molecule has 0 saturated carbocycles. The fourth-order valence-electron chi connectivity index (χ4n) is 3.68. The van der Waals surface area contributed by atoms with Gasteiger partial charge < -0.3 is 20.3 Å². The van der Waals surface area contributed by atoms with Crippen molar-refractivity contribution in [3.05, 3.63) is 29.8 Å². The topological polar surface area (TPSA) is 70.7 Å². The minimum atomic E-state index is -0.119. The first-order chi connectivity index (χ1) is 13.1. The highest BCUT2D eigenvalue weighted by Crippen LogP contribution is 2.28. The third-order valence-corrected chi connectivity index (χ3v) is 5.76. The molecule has 0 aromatic heterocycles. The molecule has 6 nitrogen and oxygen atoms in total. The van der Waals surface area contributed by atoms with Crippen molar-refractivity contribution in [3.63, 3.8) is 0 Å². The lowest BCUT2D eigenvalue weighted by Gasteiger charge is -2.33. The number of benzene rings is 1. The number of nitrogens with zero attached hydrogens (tertiary/aromatic N) is 1. The Kier molecular flexibility index (Phi) is 6.72. The quantitative estimate of drug-likeness (QED) is 0.732. The predicted octanol–water partition coefficient (Wildman–Crippen LogP) is 2.11. The maximum atomic E-state index is 12.6. The third kappa shape index (κ3) is 4.80. The van der Waals surface area contributed by atoms with E-state index >= 15 is 0 Å². The first-order valence-corrected chi connectivity index (χ1v) is 10.1. The minimum Gasteiger partial charge on any atom is -0.483 e. The lowest BCUT2D eigenvalue weighted by atomic mass is 9.88. The van der Waals surface area contributed by atoms with Crippen LogP contribution >= 0.6 is 0 Å². The van der Waals surface area contributed by atoms with Gasteiger partial charge in [0, 0.05) is 24.6 Å². The van der Waals surface area contributed by atoms with Crippen molar-refractivity contribution in [2.24, 2.45) is 11.8 Å². The van der Waals surface area contributed by atoms with Crippen molar-refractivity contribution in [1.29, 1.82) is 0 Å². The standard InChI is InChI=1S/C21H31N3O3/c1-3-18(23-21(26)15(2)16-12-22-13-16)17-8-4-5-9-19(17)27-14-20(25)24-10-6-7-11-24/h4-5,8-9,15-16,18,22H,3,6-7,10-14H2,1-2H3,(H,23,26). The zero-order chi connectivity index (χ0) is 19.2. The molecular weight excluding hydrogens is 342 g/mol. The smallest absolute Gasteiger partial charge is 0.260 e. The normalized spacial score (nSPS) is 19.3. The zero-order valence-electron chi connectivity index (χ0n) is 16.4. The molecule has 2 N–H and O–H groups in total. The molecule has 2 heterocycles. The molecule has 27 heavy (non-hydrogen) atoms. The van der Waals surface area contributed by atoms with Crippen molar-refractivity contribution < 1.29 is 14.3 Å². The van der Waals surface area contributed by atoms with Crippen LogP contribution in [0.5, 0.6) is 5.75 Å². The number of likely N-dealkylation sites (tertiary alicyclic amines) is 1. The van der Waals surface area contributed by atoms with Crippen LogP contribution in [0.4, 0.5) is 0 Å². The van der Waals surface area contributed by atoms with E-state index in [2.05, 4.69) is 10.6 Å². The monoisotopic (exact) mass is 373 g/mol. The van der Waals surface area contributed by atoms with Crippen LogP contribution in [0.2, 0.25) is 0 Å². The summed E-state index contributed by atoms with van der Waals surface area (Å²) in [4.78, 5) is 26.8. The first kappa shape index (κ1) is 19.7. The summed E-state index contributed by atoms with van der Waals surface area (Å²) in [5.74, 6) is 1.19. The maximum Gasteiger partial charge on any atom is 0.260 e. The van der Waals surface area contributed by atoms with Gasteiger partial charge in [-0.2, -0.15) is 0 Å². The highest BCUT2D eigenvalue weighted by atomic mass is 16.5. The average Bonchev–Trinajstić information content (AvgIpc) is 3.17. The number of amides is 2. The summed E-state index contributed by atoms with van der Waals surface area (Å²) >= 11 is 0. The number of para-hydroxylation sites is 1. The Hall–Kier alpha value is -2.08. The molecule has 3 rings (SSSR count). The van der Waals surface area contributed by atoms with Gasteiger partial charge in [-0.05, 0) is 44.3 Å². The molecule has 2 amide bonds. The van der Waals surface area contributed by atoms with E-state index in [1.807, 2.05) is 43.0 Å². The van der Waals surface area contributed by atoms with Crippen LogP contribution in [0.1, 0.15) is 44.7 Å². The van der Waals surface area contributed by atoms with Gasteiger partial charge in [-0.25, -0.2) is 0 Å². The van der Waals surface area contributed by atoms with E-state index < -0.39 is 0 Å². The van der Waals surface area contributed by atoms with E-state index in [0.29, 0.717) is 11.7 Å². The van der Waals surface area contributed by atoms with Crippen LogP contribution in [0.25, 0.3) is 0 Å². The molecule has 2 fully saturated rings. The van der Waals surface area contributed by atoms with E-state index in [4.69, 9.17) is 4.74 Å². The van der Waals surface area contributed by atoms with Gasteiger partial charge in [0.25, 0.3) is 5.91 Å². The summed E-state index contributed by atoms with van der Waals surface area (Å²) in [6.07, 6.45) is 2.91. The van der Waals surface area contributed by atoms with E-state index in [0.717, 1.165) is 51.0 Å². The highest BCUT2D eigenvalue weighted by molar-refractivity contribution is 5.79. The summed E-state index contributed by atoms with van der Waals surface area (Å²) in [6.45, 7) is 7.55. The Labute approximate surface area is 161 Å². The summed E-state index contributed by atoms with van der Waals surface area (Å²) in [7, 11) is 0. The molecule has 0 spiro atoms. The van der Waals surface area contributed by atoms with Crippen molar-refractivity contribution in [2.45, 2.75) is 39.2 Å². The SMILES string of the molecule is CCC(NC(=O)C(C)C1CNC1)c1ccccc1OCC(=O)N1CCCC1. The predicted molar refractivity (Wildman–Crippen MR) is 104 cm³/mol. The zero-order valence-corrected chi connectivity index (χ0v) is 16.4. The van der Waals surface area contributed by atoms with E-state index in [1.165, 1.54) is 0 Å². The number of carbonyl (C=O) groups is 2. The lowest BCUT2D eigenvalue weighted by Crippen LogP contribution is -2.50. The summed E-state index contributed by atoms with van der Waals surface area (Å²) in [5, 5.41) is 6.39. The van der Waals surface area contributed by atoms with E-state index in [-0.39, 0.29) is 30.4 Å². The molecule has 0 radical (unpaired) electrons. The third-order valence-electron chi connectivity index (χ3n) is 5.76. The number of ether oxygens (including phenoxy) is 1. The number of rotatable bonds is 8. The number of carbonyl (C=O) groups excluding carboxylic acids is 2. The molecule has 0 bridgehead atoms. The molecular formula is C21H31N3O3. The molecule has 1 aromatic rings. The Morgan fingerprint density at radius 1 is 1.26 bits per heavy atom. The maximum absolute atomic E-state index is 12.6. The number of hydrogen-bond acceptors (Lipinski definition) is 4. The Morgan fingerprint density at radius 2 is 1.96 bits per heavy atom. The Bertz CT molecular complexity index is 654. The van der Waals surface area contributed by atoms with Crippen LogP contribution in [0, 0.1) is 11.8 Å². The second-order valence-electron chi connectivity index (χ2n) is 7.59. The Balaban J connectivity index is 1.63. The van der Waals surface area contributed by atoms with Gasteiger partial charge in [-0.3, -0.25) is 9.59 Å². The van der Waals surface area contributed by atoms with Gasteiger partial charge in [0.15, 0.2) is 6.61 Å². The van der Waals surface area contributed by atoms with Gasteiger partial charge in [0.2, 0.25) is 5.91 Å². The van der Waals surface area contributed by atoms with E-state index in [1.54, 1.807) is 0 Å². The van der Waals surface area contributed by atoms with Gasteiger partial charge in [0.1, 0.15) is 5.75 Å². The fraction of sp³-hybridized carbons (Fsp3) is 0.619. The van der Waals surface area contributed by atoms with Crippen LogP contribution < -0.4 is 15.4 Å². The van der Waals surface area contributed by atoms with Crippen molar-refractivity contribution in [3.8, 4) is 5.75 Å². The van der Waals surface area contributed by atoms with Gasteiger partial charge in [-0.1, -0.05) is 32.0 Å². The highest BCUT2D eigenvalue weighted by Gasteiger charge is 2.30. The van der Waals surface area contributed by atoms with Crippen molar-refractivity contribution in [1.82, 2.24) is 15.5 Å². The number of hydrogen-bond donors (Lipinski definition) is 2. The van der Waals surface area contributed by atoms with Crippen LogP contribution in [-0.2, 0) is 9.59 Å². The summed E-state index contributed by atoms with van der Waals surface area (Å²) in [6, 6.07) is 7.57. The largest absolute Gasteiger partial charge is 0.483 e. The number of nitrogens with one attached hydrogen (secondary N) is 2. The minimum absolute atomic E-state index is 0.00914. The van der Waals surface area contributed by atoms with Crippen molar-refractivity contribution >= 4 is 11.8 Å². The molecule has 2 atom stereocenters. The summed E-state index contributed by atoms with van der Waals surface area (Å²) in [5.41, 5.74) is 0.932. The average molecular weight is 373 g/mol. The second kappa shape index (κ2) is 9.22.